The second-order valence-electron chi connectivity index (χ2n) is 9.93. The maximum Gasteiger partial charge on any atom is 0.410 e. The summed E-state index contributed by atoms with van der Waals surface area (Å²) in [7, 11) is 0. The quantitative estimate of drug-likeness (QED) is 0.677. The van der Waals surface area contributed by atoms with Crippen molar-refractivity contribution in [2.45, 2.75) is 88.8 Å². The molecule has 154 valence electrons. The van der Waals surface area contributed by atoms with Gasteiger partial charge in [0.15, 0.2) is 5.78 Å². The fourth-order valence-corrected chi connectivity index (χ4v) is 5.00. The van der Waals surface area contributed by atoms with E-state index >= 15 is 0 Å². The summed E-state index contributed by atoms with van der Waals surface area (Å²) < 4.78 is 5.64. The number of benzene rings is 1. The normalized spacial score (nSPS) is 27.7. The van der Waals surface area contributed by atoms with Crippen molar-refractivity contribution in [1.29, 1.82) is 5.26 Å². The molecule has 3 aliphatic rings. The molecule has 2 bridgehead atoms. The van der Waals surface area contributed by atoms with Gasteiger partial charge in [-0.05, 0) is 77.3 Å². The van der Waals surface area contributed by atoms with Crippen LogP contribution in [0.4, 0.5) is 4.79 Å². The van der Waals surface area contributed by atoms with Gasteiger partial charge in [0.05, 0.1) is 11.5 Å². The van der Waals surface area contributed by atoms with E-state index in [4.69, 9.17) is 4.74 Å². The number of piperidine rings is 2. The molecule has 1 aliphatic carbocycles. The summed E-state index contributed by atoms with van der Waals surface area (Å²) in [4.78, 5) is 28.0. The molecule has 1 saturated carbocycles. The molecular weight excluding hydrogens is 364 g/mol. The standard InChI is InChI=1S/C24H30N2O3/c1-23(2,3)29-22(28)26-19-8-5-9-20(26)14-17(13-19)21(27)16-6-4-7-18(12-16)24(15-25)10-11-24/h4,6-7,12,17,19-20H,5,8-11,13-14H2,1-3H3. The molecule has 5 heteroatoms. The maximum absolute atomic E-state index is 13.3. The molecule has 0 radical (unpaired) electrons. The Hall–Kier alpha value is -2.35. The summed E-state index contributed by atoms with van der Waals surface area (Å²) >= 11 is 0. The van der Waals surface area contributed by atoms with E-state index in [0.717, 1.165) is 37.7 Å². The van der Waals surface area contributed by atoms with E-state index < -0.39 is 5.60 Å². The lowest BCUT2D eigenvalue weighted by atomic mass is 9.75. The predicted octanol–water partition coefficient (Wildman–Crippen LogP) is 4.99. The van der Waals surface area contributed by atoms with Crippen LogP contribution in [0, 0.1) is 17.2 Å². The van der Waals surface area contributed by atoms with Crippen LogP contribution in [0.3, 0.4) is 0 Å². The third-order valence-corrected chi connectivity index (χ3v) is 6.61. The zero-order valence-electron chi connectivity index (χ0n) is 17.6. The monoisotopic (exact) mass is 394 g/mol. The highest BCUT2D eigenvalue weighted by Gasteiger charge is 2.46. The number of fused-ring (bicyclic) bond motifs is 2. The number of ether oxygens (including phenoxy) is 1. The Kier molecular flexibility index (Phi) is 4.93. The lowest BCUT2D eigenvalue weighted by molar-refractivity contribution is -0.0260. The second kappa shape index (κ2) is 7.16. The van der Waals surface area contributed by atoms with Crippen LogP contribution < -0.4 is 0 Å². The molecule has 2 saturated heterocycles. The fraction of sp³-hybridized carbons (Fsp3) is 0.625. The van der Waals surface area contributed by atoms with Gasteiger partial charge in [0.25, 0.3) is 0 Å². The number of amides is 1. The van der Waals surface area contributed by atoms with Gasteiger partial charge in [-0.2, -0.15) is 5.26 Å². The van der Waals surface area contributed by atoms with Crippen molar-refractivity contribution in [3.63, 3.8) is 0 Å². The molecule has 1 aromatic carbocycles. The van der Waals surface area contributed by atoms with Gasteiger partial charge in [-0.1, -0.05) is 18.2 Å². The maximum atomic E-state index is 13.3. The third kappa shape index (κ3) is 3.90. The number of carbonyl (C=O) groups is 2. The van der Waals surface area contributed by atoms with Gasteiger partial charge in [0, 0.05) is 23.6 Å². The molecule has 5 nitrogen and oxygen atoms in total. The topological polar surface area (TPSA) is 70.4 Å². The molecule has 1 aromatic rings. The number of carbonyl (C=O) groups excluding carboxylic acids is 2. The molecule has 2 heterocycles. The van der Waals surface area contributed by atoms with E-state index in [2.05, 4.69) is 6.07 Å². The SMILES string of the molecule is CC(C)(C)OC(=O)N1C2CCCC1CC(C(=O)c1cccc(C3(C#N)CC3)c1)C2. The zero-order valence-corrected chi connectivity index (χ0v) is 17.6. The van der Waals surface area contributed by atoms with Crippen molar-refractivity contribution >= 4 is 11.9 Å². The Labute approximate surface area is 173 Å². The Bertz CT molecular complexity index is 846. The van der Waals surface area contributed by atoms with Gasteiger partial charge in [0.1, 0.15) is 5.60 Å². The Morgan fingerprint density at radius 1 is 1.17 bits per heavy atom. The van der Waals surface area contributed by atoms with Crippen molar-refractivity contribution in [3.05, 3.63) is 35.4 Å². The summed E-state index contributed by atoms with van der Waals surface area (Å²) in [5, 5.41) is 9.47. The molecule has 2 unspecified atom stereocenters. The van der Waals surface area contributed by atoms with Gasteiger partial charge < -0.3 is 9.64 Å². The predicted molar refractivity (Wildman–Crippen MR) is 110 cm³/mol. The van der Waals surface area contributed by atoms with Crippen molar-refractivity contribution in [1.82, 2.24) is 4.90 Å². The van der Waals surface area contributed by atoms with Gasteiger partial charge in [-0.15, -0.1) is 0 Å². The average Bonchev–Trinajstić information content (AvgIpc) is 3.46. The second-order valence-corrected chi connectivity index (χ2v) is 9.93. The lowest BCUT2D eigenvalue weighted by Crippen LogP contribution is -2.56. The van der Waals surface area contributed by atoms with E-state index in [1.165, 1.54) is 0 Å². The summed E-state index contributed by atoms with van der Waals surface area (Å²) in [5.41, 5.74) is 0.778. The molecule has 3 fully saturated rings. The Morgan fingerprint density at radius 3 is 2.38 bits per heavy atom. The van der Waals surface area contributed by atoms with Gasteiger partial charge in [0.2, 0.25) is 0 Å². The Balaban J connectivity index is 1.51. The summed E-state index contributed by atoms with van der Waals surface area (Å²) in [6.45, 7) is 5.66. The summed E-state index contributed by atoms with van der Waals surface area (Å²) in [5.74, 6) is 0.0813. The van der Waals surface area contributed by atoms with Crippen molar-refractivity contribution in [3.8, 4) is 6.07 Å². The van der Waals surface area contributed by atoms with Crippen LogP contribution in [0.2, 0.25) is 0 Å². The average molecular weight is 395 g/mol. The molecule has 2 aliphatic heterocycles. The van der Waals surface area contributed by atoms with E-state index in [1.807, 2.05) is 49.9 Å². The van der Waals surface area contributed by atoms with Crippen LogP contribution in [0.15, 0.2) is 24.3 Å². The third-order valence-electron chi connectivity index (χ3n) is 6.61. The van der Waals surface area contributed by atoms with Gasteiger partial charge in [-0.25, -0.2) is 4.79 Å². The van der Waals surface area contributed by atoms with E-state index in [9.17, 15) is 14.9 Å². The number of rotatable bonds is 3. The van der Waals surface area contributed by atoms with Gasteiger partial charge in [-0.3, -0.25) is 4.79 Å². The first-order valence-corrected chi connectivity index (χ1v) is 10.8. The van der Waals surface area contributed by atoms with Crippen LogP contribution in [-0.2, 0) is 10.2 Å². The molecule has 0 N–H and O–H groups in total. The van der Waals surface area contributed by atoms with Crippen molar-refractivity contribution in [2.24, 2.45) is 5.92 Å². The van der Waals surface area contributed by atoms with E-state index in [1.54, 1.807) is 0 Å². The van der Waals surface area contributed by atoms with Crippen LogP contribution in [0.25, 0.3) is 0 Å². The summed E-state index contributed by atoms with van der Waals surface area (Å²) in [6, 6.07) is 10.2. The smallest absolute Gasteiger partial charge is 0.410 e. The minimum atomic E-state index is -0.516. The Morgan fingerprint density at radius 2 is 1.83 bits per heavy atom. The molecule has 0 aromatic heterocycles. The first kappa shape index (κ1) is 19.9. The first-order valence-electron chi connectivity index (χ1n) is 10.8. The number of hydrogen-bond donors (Lipinski definition) is 0. The molecular formula is C24H30N2O3. The fourth-order valence-electron chi connectivity index (χ4n) is 5.00. The van der Waals surface area contributed by atoms with Gasteiger partial charge >= 0.3 is 6.09 Å². The van der Waals surface area contributed by atoms with Crippen molar-refractivity contribution < 1.29 is 14.3 Å². The highest BCUT2D eigenvalue weighted by atomic mass is 16.6. The lowest BCUT2D eigenvalue weighted by Gasteiger charge is -2.48. The van der Waals surface area contributed by atoms with Crippen LogP contribution >= 0.6 is 0 Å². The minimum Gasteiger partial charge on any atom is -0.444 e. The largest absolute Gasteiger partial charge is 0.444 e. The number of nitrogens with zero attached hydrogens (tertiary/aromatic N) is 2. The molecule has 4 rings (SSSR count). The van der Waals surface area contributed by atoms with Crippen LogP contribution in [-0.4, -0.2) is 34.5 Å². The minimum absolute atomic E-state index is 0.0726. The molecule has 2 atom stereocenters. The highest BCUT2D eigenvalue weighted by Crippen LogP contribution is 2.48. The number of ketones is 1. The van der Waals surface area contributed by atoms with E-state index in [0.29, 0.717) is 18.4 Å². The molecule has 1 amide bonds. The van der Waals surface area contributed by atoms with Crippen LogP contribution in [0.1, 0.15) is 81.6 Å². The number of Topliss-reactive ketones (excluding diaryl/α,β-unsaturated/α-hetero) is 1. The van der Waals surface area contributed by atoms with Crippen LogP contribution in [0.5, 0.6) is 0 Å². The van der Waals surface area contributed by atoms with Crippen molar-refractivity contribution in [2.75, 3.05) is 0 Å². The first-order chi connectivity index (χ1) is 13.7. The summed E-state index contributed by atoms with van der Waals surface area (Å²) in [6.07, 6.45) is 5.85. The molecule has 0 spiro atoms. The highest BCUT2D eigenvalue weighted by molar-refractivity contribution is 5.98. The van der Waals surface area contributed by atoms with E-state index in [-0.39, 0.29) is 35.3 Å². The number of nitriles is 1. The number of hydrogen-bond acceptors (Lipinski definition) is 4. The molecule has 29 heavy (non-hydrogen) atoms. The zero-order chi connectivity index (χ0) is 20.8.